The molecule has 0 bridgehead atoms. The first kappa shape index (κ1) is 31.5. The molecule has 5 aromatic rings. The number of carbonyl (C=O) groups is 3. The minimum Gasteiger partial charge on any atom is -0.357 e. The Labute approximate surface area is 274 Å². The molecule has 0 spiro atoms. The van der Waals surface area contributed by atoms with E-state index in [1.807, 2.05) is 91.3 Å². The maximum Gasteiger partial charge on any atom is 0.276 e. The predicted octanol–water partition coefficient (Wildman–Crippen LogP) is 5.79. The zero-order valence-corrected chi connectivity index (χ0v) is 27.1. The minimum absolute atomic E-state index is 0.0666. The number of anilines is 2. The summed E-state index contributed by atoms with van der Waals surface area (Å²) in [6, 6.07) is 23.1. The van der Waals surface area contributed by atoms with Crippen LogP contribution in [0.4, 0.5) is 11.4 Å². The van der Waals surface area contributed by atoms with Crippen molar-refractivity contribution < 1.29 is 14.4 Å². The molecule has 10 heteroatoms. The van der Waals surface area contributed by atoms with Crippen molar-refractivity contribution in [2.24, 2.45) is 0 Å². The number of H-pyrrole nitrogens is 1. The van der Waals surface area contributed by atoms with E-state index in [-0.39, 0.29) is 30.2 Å². The predicted molar refractivity (Wildman–Crippen MR) is 185 cm³/mol. The highest BCUT2D eigenvalue weighted by Gasteiger charge is 2.34. The highest BCUT2D eigenvalue weighted by molar-refractivity contribution is 6.04. The van der Waals surface area contributed by atoms with Gasteiger partial charge in [-0.1, -0.05) is 49.4 Å². The Morgan fingerprint density at radius 2 is 1.81 bits per heavy atom. The number of hydrogen-bond donors (Lipinski definition) is 3. The summed E-state index contributed by atoms with van der Waals surface area (Å²) < 4.78 is 1.92. The number of carbonyl (C=O) groups excluding carboxylic acids is 3. The van der Waals surface area contributed by atoms with Gasteiger partial charge in [0, 0.05) is 53.9 Å². The molecule has 3 N–H and O–H groups in total. The molecule has 3 amide bonds. The molecule has 3 heterocycles. The first-order chi connectivity index (χ1) is 22.7. The van der Waals surface area contributed by atoms with Crippen LogP contribution in [0.25, 0.3) is 10.8 Å². The summed E-state index contributed by atoms with van der Waals surface area (Å²) in [7, 11) is 3.90. The van der Waals surface area contributed by atoms with Gasteiger partial charge in [0.25, 0.3) is 11.8 Å². The molecule has 6 rings (SSSR count). The minimum atomic E-state index is -0.315. The van der Waals surface area contributed by atoms with Gasteiger partial charge in [-0.3, -0.25) is 19.1 Å². The van der Waals surface area contributed by atoms with E-state index in [9.17, 15) is 14.4 Å². The van der Waals surface area contributed by atoms with Crippen LogP contribution in [-0.4, -0.2) is 69.5 Å². The average Bonchev–Trinajstić information content (AvgIpc) is 3.70. The van der Waals surface area contributed by atoms with Crippen molar-refractivity contribution in [3.05, 3.63) is 125 Å². The van der Waals surface area contributed by atoms with Crippen molar-refractivity contribution in [1.29, 1.82) is 0 Å². The lowest BCUT2D eigenvalue weighted by molar-refractivity contribution is -0.111. The van der Waals surface area contributed by atoms with Crippen molar-refractivity contribution in [3.8, 4) is 0 Å². The largest absolute Gasteiger partial charge is 0.357 e. The average molecular weight is 630 g/mol. The molecule has 3 aromatic carbocycles. The van der Waals surface area contributed by atoms with Crippen LogP contribution in [0.15, 0.2) is 91.1 Å². The van der Waals surface area contributed by atoms with Crippen LogP contribution >= 0.6 is 0 Å². The summed E-state index contributed by atoms with van der Waals surface area (Å²) in [4.78, 5) is 46.4. The Balaban J connectivity index is 1.32. The fourth-order valence-electron chi connectivity index (χ4n) is 6.18. The van der Waals surface area contributed by atoms with Gasteiger partial charge < -0.3 is 25.4 Å². The van der Waals surface area contributed by atoms with Crippen molar-refractivity contribution in [2.45, 2.75) is 32.9 Å². The number of nitrogens with zero attached hydrogens (tertiary/aromatic N) is 4. The van der Waals surface area contributed by atoms with E-state index in [0.29, 0.717) is 42.4 Å². The first-order valence-electron chi connectivity index (χ1n) is 15.7. The number of amides is 3. The molecule has 0 fully saturated rings. The van der Waals surface area contributed by atoms with Crippen LogP contribution < -0.4 is 10.6 Å². The Hall–Kier alpha value is -5.48. The van der Waals surface area contributed by atoms with E-state index in [0.717, 1.165) is 33.2 Å². The van der Waals surface area contributed by atoms with E-state index in [4.69, 9.17) is 5.10 Å². The second-order valence-corrected chi connectivity index (χ2v) is 12.4. The monoisotopic (exact) mass is 629 g/mol. The lowest BCUT2D eigenvalue weighted by atomic mass is 9.95. The topological polar surface area (TPSA) is 115 Å². The van der Waals surface area contributed by atoms with Gasteiger partial charge in [-0.25, -0.2) is 0 Å². The Bertz CT molecular complexity index is 1970. The molecule has 0 aliphatic carbocycles. The zero-order valence-electron chi connectivity index (χ0n) is 27.1. The third-order valence-electron chi connectivity index (χ3n) is 8.31. The van der Waals surface area contributed by atoms with Crippen molar-refractivity contribution in [1.82, 2.24) is 24.6 Å². The number of likely N-dealkylation sites (N-methyl/N-ethyl adjacent to an activating group) is 1. The van der Waals surface area contributed by atoms with Crippen LogP contribution in [0.2, 0.25) is 0 Å². The fraction of sp³-hybridized carbons (Fsp3) is 0.243. The molecule has 2 aromatic heterocycles. The Morgan fingerprint density at radius 3 is 2.57 bits per heavy atom. The lowest BCUT2D eigenvalue weighted by Crippen LogP contribution is -2.38. The summed E-state index contributed by atoms with van der Waals surface area (Å²) in [5, 5.41) is 12.9. The third kappa shape index (κ3) is 7.02. The maximum absolute atomic E-state index is 13.8. The standard InChI is InChI=1S/C37H39N7O3/c1-24-9-5-12-28(19-24)40-36(46)34-31-23-43(37(47)32-13-7-17-38-32)21-25(2)35(31)44(41-34)22-27-11-6-10-26-20-29(15-16-30(26)27)39-33(45)14-8-18-42(3)4/h5-17,19-20,25,38H,18,21-23H2,1-4H3,(H,39,45)(H,40,46)/b14-8+/t25-/m1/s1. The highest BCUT2D eigenvalue weighted by atomic mass is 16.2. The summed E-state index contributed by atoms with van der Waals surface area (Å²) in [5.74, 6) is -0.678. The molecule has 1 atom stereocenters. The second kappa shape index (κ2) is 13.5. The van der Waals surface area contributed by atoms with Crippen LogP contribution in [0, 0.1) is 6.92 Å². The van der Waals surface area contributed by atoms with Crippen LogP contribution in [-0.2, 0) is 17.9 Å². The number of rotatable bonds is 9. The van der Waals surface area contributed by atoms with Crippen LogP contribution in [0.5, 0.6) is 0 Å². The van der Waals surface area contributed by atoms with E-state index >= 15 is 0 Å². The molecular weight excluding hydrogens is 590 g/mol. The quantitative estimate of drug-likeness (QED) is 0.179. The van der Waals surface area contributed by atoms with Crippen LogP contribution in [0.3, 0.4) is 0 Å². The van der Waals surface area contributed by atoms with E-state index in [1.54, 1.807) is 29.3 Å². The van der Waals surface area contributed by atoms with E-state index in [1.165, 1.54) is 0 Å². The van der Waals surface area contributed by atoms with Crippen molar-refractivity contribution >= 4 is 39.9 Å². The SMILES string of the molecule is Cc1cccc(NC(=O)c2nn(Cc3cccc4cc(NC(=O)/C=C/CN(C)C)ccc34)c3c2CN(C(=O)c2ccc[nH]2)C[C@H]3C)c1. The molecule has 47 heavy (non-hydrogen) atoms. The number of aryl methyl sites for hydroxylation is 1. The zero-order chi connectivity index (χ0) is 33.1. The molecule has 0 radical (unpaired) electrons. The first-order valence-corrected chi connectivity index (χ1v) is 15.7. The van der Waals surface area contributed by atoms with Gasteiger partial charge in [-0.05, 0) is 79.3 Å². The van der Waals surface area contributed by atoms with E-state index < -0.39 is 0 Å². The van der Waals surface area contributed by atoms with Gasteiger partial charge in [0.2, 0.25) is 5.91 Å². The molecule has 0 unspecified atom stereocenters. The van der Waals surface area contributed by atoms with Gasteiger partial charge in [0.1, 0.15) is 5.69 Å². The molecule has 1 aliphatic heterocycles. The summed E-state index contributed by atoms with van der Waals surface area (Å²) in [6.07, 6.45) is 5.10. The summed E-state index contributed by atoms with van der Waals surface area (Å²) in [5.41, 5.74) is 5.97. The highest BCUT2D eigenvalue weighted by Crippen LogP contribution is 2.33. The molecular formula is C37H39N7O3. The number of fused-ring (bicyclic) bond motifs is 2. The van der Waals surface area contributed by atoms with E-state index in [2.05, 4.69) is 28.6 Å². The molecule has 240 valence electrons. The van der Waals surface area contributed by atoms with Gasteiger partial charge >= 0.3 is 0 Å². The summed E-state index contributed by atoms with van der Waals surface area (Å²) in [6.45, 7) is 5.93. The van der Waals surface area contributed by atoms with Crippen molar-refractivity contribution in [2.75, 3.05) is 37.8 Å². The summed E-state index contributed by atoms with van der Waals surface area (Å²) >= 11 is 0. The maximum atomic E-state index is 13.8. The van der Waals surface area contributed by atoms with Gasteiger partial charge in [-0.15, -0.1) is 0 Å². The fourth-order valence-corrected chi connectivity index (χ4v) is 6.18. The van der Waals surface area contributed by atoms with Gasteiger partial charge in [0.05, 0.1) is 13.1 Å². The number of aromatic amines is 1. The molecule has 1 aliphatic rings. The molecule has 0 saturated carbocycles. The number of benzene rings is 3. The van der Waals surface area contributed by atoms with Gasteiger partial charge in [-0.2, -0.15) is 5.10 Å². The number of nitrogens with one attached hydrogen (secondary N) is 3. The normalized spacial score (nSPS) is 14.5. The Morgan fingerprint density at radius 1 is 1.00 bits per heavy atom. The second-order valence-electron chi connectivity index (χ2n) is 12.4. The van der Waals surface area contributed by atoms with Crippen LogP contribution in [0.1, 0.15) is 56.2 Å². The number of aromatic nitrogens is 3. The molecule has 0 saturated heterocycles. The third-order valence-corrected chi connectivity index (χ3v) is 8.31. The van der Waals surface area contributed by atoms with Gasteiger partial charge in [0.15, 0.2) is 5.69 Å². The van der Waals surface area contributed by atoms with Crippen molar-refractivity contribution in [3.63, 3.8) is 0 Å². The smallest absolute Gasteiger partial charge is 0.276 e. The number of hydrogen-bond acceptors (Lipinski definition) is 5. The Kier molecular flexibility index (Phi) is 9.03. The lowest BCUT2D eigenvalue weighted by Gasteiger charge is -2.32. The molecule has 10 nitrogen and oxygen atoms in total.